The van der Waals surface area contributed by atoms with Crippen LogP contribution in [0.25, 0.3) is 0 Å². The van der Waals surface area contributed by atoms with Gasteiger partial charge < -0.3 is 0 Å². The van der Waals surface area contributed by atoms with Crippen molar-refractivity contribution in [3.63, 3.8) is 0 Å². The fourth-order valence-corrected chi connectivity index (χ4v) is 2.49. The number of nitro groups is 1. The maximum atomic E-state index is 11.6. The normalized spacial score (nSPS) is 10.7. The molecule has 2 rings (SSSR count). The molecule has 0 aromatic heterocycles. The van der Waals surface area contributed by atoms with Crippen molar-refractivity contribution in [3.05, 3.63) is 66.1 Å². The van der Waals surface area contributed by atoms with Crippen LogP contribution in [0.15, 0.2) is 35.5 Å². The molecule has 25 heavy (non-hydrogen) atoms. The van der Waals surface area contributed by atoms with Crippen molar-refractivity contribution in [1.82, 2.24) is 0 Å². The molecular weight excluding hydrogens is 416 g/mol. The molecule has 0 aliphatic heterocycles. The van der Waals surface area contributed by atoms with Gasteiger partial charge in [0.2, 0.25) is 0 Å². The van der Waals surface area contributed by atoms with Crippen molar-refractivity contribution < 1.29 is 14.6 Å². The first kappa shape index (κ1) is 19.3. The number of amides is 1. The second-order valence-corrected chi connectivity index (χ2v) is 6.02. The van der Waals surface area contributed by atoms with Crippen LogP contribution in [0.5, 0.6) is 0 Å². The van der Waals surface area contributed by atoms with Gasteiger partial charge in [0.05, 0.1) is 26.2 Å². The predicted molar refractivity (Wildman–Crippen MR) is 97.3 cm³/mol. The van der Waals surface area contributed by atoms with Gasteiger partial charge in [0, 0.05) is 17.3 Å². The van der Waals surface area contributed by atoms with Crippen LogP contribution in [0.4, 0.5) is 16.2 Å². The number of oxime groups is 1. The van der Waals surface area contributed by atoms with Gasteiger partial charge >= 0.3 is 6.09 Å². The molecule has 0 bridgehead atoms. The zero-order chi connectivity index (χ0) is 18.6. The summed E-state index contributed by atoms with van der Waals surface area (Å²) in [4.78, 5) is 26.4. The smallest absolute Gasteiger partial charge is 0.298 e. The molecule has 0 radical (unpaired) electrons. The molecule has 0 atom stereocenters. The molecule has 2 aromatic carbocycles. The minimum atomic E-state index is -0.924. The van der Waals surface area contributed by atoms with E-state index in [1.54, 1.807) is 0 Å². The summed E-state index contributed by atoms with van der Waals surface area (Å²) in [5.74, 6) is 0. The van der Waals surface area contributed by atoms with E-state index in [1.165, 1.54) is 24.3 Å². The molecule has 0 aliphatic carbocycles. The van der Waals surface area contributed by atoms with Gasteiger partial charge in [0.25, 0.3) is 5.69 Å². The number of rotatable bonds is 4. The number of benzene rings is 2. The average molecular weight is 423 g/mol. The minimum absolute atomic E-state index is 0.0415. The molecule has 2 aromatic rings. The van der Waals surface area contributed by atoms with Crippen LogP contribution >= 0.6 is 46.4 Å². The number of carbonyl (C=O) groups excluding carboxylic acids is 1. The summed E-state index contributed by atoms with van der Waals surface area (Å²) in [6.45, 7) is 0. The Kier molecular flexibility index (Phi) is 6.44. The van der Waals surface area contributed by atoms with E-state index in [-0.39, 0.29) is 26.3 Å². The van der Waals surface area contributed by atoms with Gasteiger partial charge in [-0.1, -0.05) is 51.6 Å². The van der Waals surface area contributed by atoms with E-state index in [4.69, 9.17) is 46.4 Å². The van der Waals surface area contributed by atoms with E-state index in [9.17, 15) is 14.9 Å². The van der Waals surface area contributed by atoms with Crippen LogP contribution in [0.2, 0.25) is 20.1 Å². The summed E-state index contributed by atoms with van der Waals surface area (Å²) in [5.41, 5.74) is 0.0219. The van der Waals surface area contributed by atoms with E-state index in [0.29, 0.717) is 10.7 Å². The monoisotopic (exact) mass is 421 g/mol. The molecule has 0 spiro atoms. The SMILES string of the molecule is O=C(Nc1ccc(Cl)c(Cl)c1)O/N=C/c1c(Cl)ccc([N+](=O)[O-])c1Cl. The van der Waals surface area contributed by atoms with Gasteiger partial charge in [0.15, 0.2) is 0 Å². The van der Waals surface area contributed by atoms with Crippen molar-refractivity contribution >= 4 is 70.1 Å². The van der Waals surface area contributed by atoms with Gasteiger partial charge in [0.1, 0.15) is 5.02 Å². The van der Waals surface area contributed by atoms with Crippen molar-refractivity contribution in [2.45, 2.75) is 0 Å². The maximum Gasteiger partial charge on any atom is 0.437 e. The van der Waals surface area contributed by atoms with Crippen LogP contribution in [0, 0.1) is 10.1 Å². The van der Waals surface area contributed by atoms with Gasteiger partial charge in [-0.3, -0.25) is 20.3 Å². The Bertz CT molecular complexity index is 873. The van der Waals surface area contributed by atoms with Crippen LogP contribution < -0.4 is 5.32 Å². The Morgan fingerprint density at radius 2 is 1.80 bits per heavy atom. The molecule has 0 saturated heterocycles. The van der Waals surface area contributed by atoms with Crippen LogP contribution in [0.1, 0.15) is 5.56 Å². The van der Waals surface area contributed by atoms with Crippen LogP contribution in [-0.4, -0.2) is 17.2 Å². The third-order valence-corrected chi connectivity index (χ3v) is 4.25. The molecule has 11 heteroatoms. The Balaban J connectivity index is 2.08. The predicted octanol–water partition coefficient (Wildman–Crippen LogP) is 5.79. The minimum Gasteiger partial charge on any atom is -0.298 e. The lowest BCUT2D eigenvalue weighted by molar-refractivity contribution is -0.384. The molecule has 7 nitrogen and oxygen atoms in total. The highest BCUT2D eigenvalue weighted by Gasteiger charge is 2.17. The van der Waals surface area contributed by atoms with Crippen molar-refractivity contribution in [2.24, 2.45) is 5.16 Å². The molecule has 130 valence electrons. The summed E-state index contributed by atoms with van der Waals surface area (Å²) in [6, 6.07) is 6.85. The second-order valence-electron chi connectivity index (χ2n) is 4.42. The molecule has 0 saturated carbocycles. The van der Waals surface area contributed by atoms with Crippen molar-refractivity contribution in [2.75, 3.05) is 5.32 Å². The first-order chi connectivity index (χ1) is 11.8. The number of nitro benzene ring substituents is 1. The summed E-state index contributed by atoms with van der Waals surface area (Å²) < 4.78 is 0. The highest BCUT2D eigenvalue weighted by molar-refractivity contribution is 6.42. The highest BCUT2D eigenvalue weighted by Crippen LogP contribution is 2.32. The lowest BCUT2D eigenvalue weighted by Gasteiger charge is -2.04. The summed E-state index contributed by atoms with van der Waals surface area (Å²) >= 11 is 23.4. The zero-order valence-electron chi connectivity index (χ0n) is 12.0. The van der Waals surface area contributed by atoms with Gasteiger partial charge in [-0.2, -0.15) is 0 Å². The van der Waals surface area contributed by atoms with Gasteiger partial charge in [-0.15, -0.1) is 0 Å². The molecule has 0 unspecified atom stereocenters. The molecule has 1 amide bonds. The summed E-state index contributed by atoms with van der Waals surface area (Å²) in [6.07, 6.45) is 0.0684. The van der Waals surface area contributed by atoms with E-state index in [1.807, 2.05) is 0 Å². The molecule has 0 aliphatic rings. The first-order valence-electron chi connectivity index (χ1n) is 6.38. The quantitative estimate of drug-likeness (QED) is 0.292. The standard InChI is InChI=1S/C14H7Cl4N3O4/c15-9-3-4-12(21(23)24)13(18)8(9)6-19-25-14(22)20-7-1-2-10(16)11(17)5-7/h1-6H,(H,20,22)/b19-6+. The Labute approximate surface area is 161 Å². The Morgan fingerprint density at radius 3 is 2.44 bits per heavy atom. The number of halogens is 4. The number of nitrogens with zero attached hydrogens (tertiary/aromatic N) is 2. The Hall–Kier alpha value is -2.06. The summed E-state index contributed by atoms with van der Waals surface area (Å²) in [5, 5.41) is 17.1. The lowest BCUT2D eigenvalue weighted by Crippen LogP contribution is -2.10. The highest BCUT2D eigenvalue weighted by atomic mass is 35.5. The zero-order valence-corrected chi connectivity index (χ0v) is 15.0. The largest absolute Gasteiger partial charge is 0.437 e. The second kappa shape index (κ2) is 8.35. The van der Waals surface area contributed by atoms with E-state index in [2.05, 4.69) is 15.3 Å². The van der Waals surface area contributed by atoms with Crippen molar-refractivity contribution in [1.29, 1.82) is 0 Å². The van der Waals surface area contributed by atoms with Gasteiger partial charge in [-0.25, -0.2) is 4.79 Å². The molecule has 1 N–H and O–H groups in total. The Morgan fingerprint density at radius 1 is 1.12 bits per heavy atom. The number of hydrogen-bond donors (Lipinski definition) is 1. The van der Waals surface area contributed by atoms with Crippen LogP contribution in [-0.2, 0) is 4.84 Å². The fraction of sp³-hybridized carbons (Fsp3) is 0. The number of anilines is 1. The number of carbonyl (C=O) groups is 1. The number of nitrogens with one attached hydrogen (secondary N) is 1. The molecular formula is C14H7Cl4N3O4. The third-order valence-electron chi connectivity index (χ3n) is 2.79. The molecule has 0 heterocycles. The molecule has 0 fully saturated rings. The van der Waals surface area contributed by atoms with Crippen LogP contribution in [0.3, 0.4) is 0 Å². The third kappa shape index (κ3) is 4.96. The van der Waals surface area contributed by atoms with E-state index >= 15 is 0 Å². The topological polar surface area (TPSA) is 93.8 Å². The first-order valence-corrected chi connectivity index (χ1v) is 7.89. The lowest BCUT2D eigenvalue weighted by atomic mass is 10.2. The van der Waals surface area contributed by atoms with E-state index < -0.39 is 11.0 Å². The maximum absolute atomic E-state index is 11.6. The van der Waals surface area contributed by atoms with Crippen molar-refractivity contribution in [3.8, 4) is 0 Å². The summed E-state index contributed by atoms with van der Waals surface area (Å²) in [7, 11) is 0. The van der Waals surface area contributed by atoms with Gasteiger partial charge in [-0.05, 0) is 24.3 Å². The fourth-order valence-electron chi connectivity index (χ4n) is 1.66. The number of hydrogen-bond acceptors (Lipinski definition) is 5. The average Bonchev–Trinajstić information content (AvgIpc) is 2.53. The van der Waals surface area contributed by atoms with E-state index in [0.717, 1.165) is 12.3 Å².